The molecule has 5 nitrogen and oxygen atoms in total. The van der Waals surface area contributed by atoms with Crippen LogP contribution in [0.3, 0.4) is 0 Å². The van der Waals surface area contributed by atoms with E-state index in [2.05, 4.69) is 28.3 Å². The van der Waals surface area contributed by atoms with Crippen molar-refractivity contribution in [1.29, 1.82) is 0 Å². The summed E-state index contributed by atoms with van der Waals surface area (Å²) in [5.41, 5.74) is 3.18. The molecule has 1 aliphatic heterocycles. The second-order valence-corrected chi connectivity index (χ2v) is 6.70. The van der Waals surface area contributed by atoms with Crippen LogP contribution in [-0.2, 0) is 11.2 Å². The van der Waals surface area contributed by atoms with Crippen LogP contribution in [0.25, 0.3) is 17.0 Å². The number of halogens is 1. The summed E-state index contributed by atoms with van der Waals surface area (Å²) in [4.78, 5) is 18.6. The molecule has 0 radical (unpaired) electrons. The molecule has 0 bridgehead atoms. The molecular weight excluding hydrogens is 357 g/mol. The zero-order chi connectivity index (χ0) is 19.3. The highest BCUT2D eigenvalue weighted by atomic mass is 19.1. The van der Waals surface area contributed by atoms with Crippen molar-refractivity contribution in [3.8, 4) is 11.4 Å². The van der Waals surface area contributed by atoms with Crippen molar-refractivity contribution in [2.45, 2.75) is 19.3 Å². The van der Waals surface area contributed by atoms with Gasteiger partial charge < -0.3 is 9.42 Å². The summed E-state index contributed by atoms with van der Waals surface area (Å²) in [5, 5.41) is 3.91. The molecule has 6 heteroatoms. The Labute approximate surface area is 162 Å². The fourth-order valence-electron chi connectivity index (χ4n) is 3.25. The van der Waals surface area contributed by atoms with Crippen LogP contribution in [0.2, 0.25) is 0 Å². The number of carbonyl (C=O) groups is 1. The largest absolute Gasteiger partial charge is 0.339 e. The number of hydrogen-bond donors (Lipinski definition) is 0. The Morgan fingerprint density at radius 3 is 2.57 bits per heavy atom. The van der Waals surface area contributed by atoms with E-state index in [-0.39, 0.29) is 11.7 Å². The van der Waals surface area contributed by atoms with Crippen LogP contribution < -0.4 is 0 Å². The third-order valence-corrected chi connectivity index (χ3v) is 4.83. The van der Waals surface area contributed by atoms with Gasteiger partial charge in [-0.15, -0.1) is 0 Å². The van der Waals surface area contributed by atoms with Crippen molar-refractivity contribution in [3.63, 3.8) is 0 Å². The molecule has 1 amide bonds. The standard InChI is InChI=1S/C22H20FN3O2/c23-19-8-6-18(7-9-19)22-24-20(28-25-22)10-11-21(27)26-14-12-17(13-15-26)16-4-2-1-3-5-16/h1-9,12H,10-11,13-15H2. The van der Waals surface area contributed by atoms with E-state index in [1.54, 1.807) is 12.1 Å². The number of hydrogen-bond acceptors (Lipinski definition) is 4. The van der Waals surface area contributed by atoms with Gasteiger partial charge in [-0.3, -0.25) is 4.79 Å². The number of nitrogens with zero attached hydrogens (tertiary/aromatic N) is 3. The van der Waals surface area contributed by atoms with Gasteiger partial charge in [-0.05, 0) is 41.8 Å². The monoisotopic (exact) mass is 377 g/mol. The molecule has 0 unspecified atom stereocenters. The lowest BCUT2D eigenvalue weighted by atomic mass is 9.99. The molecule has 0 spiro atoms. The van der Waals surface area contributed by atoms with Gasteiger partial charge in [-0.1, -0.05) is 41.6 Å². The predicted molar refractivity (Wildman–Crippen MR) is 104 cm³/mol. The summed E-state index contributed by atoms with van der Waals surface area (Å²) in [6.07, 6.45) is 3.68. The van der Waals surface area contributed by atoms with E-state index in [0.717, 1.165) is 6.42 Å². The normalized spacial score (nSPS) is 14.0. The zero-order valence-corrected chi connectivity index (χ0v) is 15.3. The smallest absolute Gasteiger partial charge is 0.227 e. The number of aromatic nitrogens is 2. The SMILES string of the molecule is O=C(CCc1nc(-c2ccc(F)cc2)no1)N1CC=C(c2ccccc2)CC1. The highest BCUT2D eigenvalue weighted by Crippen LogP contribution is 2.22. The summed E-state index contributed by atoms with van der Waals surface area (Å²) in [6.45, 7) is 1.33. The molecule has 0 fully saturated rings. The molecule has 4 rings (SSSR count). The maximum atomic E-state index is 13.0. The van der Waals surface area contributed by atoms with Crippen molar-refractivity contribution >= 4 is 11.5 Å². The number of aryl methyl sites for hydroxylation is 1. The zero-order valence-electron chi connectivity index (χ0n) is 15.3. The lowest BCUT2D eigenvalue weighted by Gasteiger charge is -2.26. The maximum Gasteiger partial charge on any atom is 0.227 e. The van der Waals surface area contributed by atoms with Gasteiger partial charge in [-0.2, -0.15) is 4.98 Å². The molecule has 3 aromatic rings. The summed E-state index contributed by atoms with van der Waals surface area (Å²) < 4.78 is 18.2. The molecule has 2 heterocycles. The van der Waals surface area contributed by atoms with Gasteiger partial charge in [0.1, 0.15) is 5.82 Å². The predicted octanol–water partition coefficient (Wildman–Crippen LogP) is 4.12. The fourth-order valence-corrected chi connectivity index (χ4v) is 3.25. The Morgan fingerprint density at radius 2 is 1.86 bits per heavy atom. The Hall–Kier alpha value is -3.28. The van der Waals surface area contributed by atoms with E-state index in [9.17, 15) is 9.18 Å². The third kappa shape index (κ3) is 4.17. The molecule has 0 saturated carbocycles. The molecule has 0 atom stereocenters. The van der Waals surface area contributed by atoms with Crippen LogP contribution in [0, 0.1) is 5.82 Å². The molecule has 2 aromatic carbocycles. The van der Waals surface area contributed by atoms with Crippen molar-refractivity contribution in [2.24, 2.45) is 0 Å². The van der Waals surface area contributed by atoms with Crippen molar-refractivity contribution in [1.82, 2.24) is 15.0 Å². The number of carbonyl (C=O) groups excluding carboxylic acids is 1. The minimum Gasteiger partial charge on any atom is -0.339 e. The molecule has 142 valence electrons. The van der Waals surface area contributed by atoms with E-state index in [1.807, 2.05) is 23.1 Å². The molecular formula is C22H20FN3O2. The number of benzene rings is 2. The average molecular weight is 377 g/mol. The van der Waals surface area contributed by atoms with Gasteiger partial charge in [0.25, 0.3) is 0 Å². The summed E-state index contributed by atoms with van der Waals surface area (Å²) in [6, 6.07) is 16.1. The first-order chi connectivity index (χ1) is 13.7. The lowest BCUT2D eigenvalue weighted by Crippen LogP contribution is -2.34. The Kier molecular flexibility index (Phi) is 5.28. The second-order valence-electron chi connectivity index (χ2n) is 6.70. The van der Waals surface area contributed by atoms with Gasteiger partial charge in [0.15, 0.2) is 0 Å². The van der Waals surface area contributed by atoms with E-state index in [4.69, 9.17) is 4.52 Å². The summed E-state index contributed by atoms with van der Waals surface area (Å²) >= 11 is 0. The van der Waals surface area contributed by atoms with Crippen LogP contribution in [0.1, 0.15) is 24.3 Å². The van der Waals surface area contributed by atoms with Crippen LogP contribution in [0.15, 0.2) is 65.2 Å². The number of amides is 1. The van der Waals surface area contributed by atoms with Gasteiger partial charge in [0, 0.05) is 31.5 Å². The fraction of sp³-hybridized carbons (Fsp3) is 0.227. The van der Waals surface area contributed by atoms with Gasteiger partial charge >= 0.3 is 0 Å². The van der Waals surface area contributed by atoms with Crippen molar-refractivity contribution < 1.29 is 13.7 Å². The Morgan fingerprint density at radius 1 is 1.07 bits per heavy atom. The van der Waals surface area contributed by atoms with Crippen LogP contribution in [-0.4, -0.2) is 34.0 Å². The second kappa shape index (κ2) is 8.17. The first kappa shape index (κ1) is 18.1. The van der Waals surface area contributed by atoms with E-state index in [0.29, 0.717) is 43.2 Å². The molecule has 28 heavy (non-hydrogen) atoms. The van der Waals surface area contributed by atoms with Crippen LogP contribution in [0.4, 0.5) is 4.39 Å². The molecule has 1 aliphatic rings. The van der Waals surface area contributed by atoms with Gasteiger partial charge in [0.05, 0.1) is 0 Å². The topological polar surface area (TPSA) is 59.2 Å². The summed E-state index contributed by atoms with van der Waals surface area (Å²) in [5.74, 6) is 0.565. The quantitative estimate of drug-likeness (QED) is 0.671. The summed E-state index contributed by atoms with van der Waals surface area (Å²) in [7, 11) is 0. The Balaban J connectivity index is 1.32. The van der Waals surface area contributed by atoms with Crippen molar-refractivity contribution in [3.05, 3.63) is 77.9 Å². The van der Waals surface area contributed by atoms with E-state index in [1.165, 1.54) is 23.3 Å². The van der Waals surface area contributed by atoms with E-state index < -0.39 is 0 Å². The number of rotatable bonds is 5. The first-order valence-corrected chi connectivity index (χ1v) is 9.30. The maximum absolute atomic E-state index is 13.0. The molecule has 1 aromatic heterocycles. The minimum atomic E-state index is -0.316. The van der Waals surface area contributed by atoms with Crippen LogP contribution >= 0.6 is 0 Å². The first-order valence-electron chi connectivity index (χ1n) is 9.30. The van der Waals surface area contributed by atoms with Gasteiger partial charge in [-0.25, -0.2) is 4.39 Å². The lowest BCUT2D eigenvalue weighted by molar-refractivity contribution is -0.130. The third-order valence-electron chi connectivity index (χ3n) is 4.83. The average Bonchev–Trinajstić information content (AvgIpc) is 3.22. The van der Waals surface area contributed by atoms with Crippen molar-refractivity contribution in [2.75, 3.05) is 13.1 Å². The molecule has 0 saturated heterocycles. The van der Waals surface area contributed by atoms with Crippen LogP contribution in [0.5, 0.6) is 0 Å². The molecule has 0 N–H and O–H groups in total. The van der Waals surface area contributed by atoms with Gasteiger partial charge in [0.2, 0.25) is 17.6 Å². The highest BCUT2D eigenvalue weighted by molar-refractivity contribution is 5.78. The highest BCUT2D eigenvalue weighted by Gasteiger charge is 2.19. The minimum absolute atomic E-state index is 0.0740. The Bertz CT molecular complexity index is 981. The van der Waals surface area contributed by atoms with E-state index >= 15 is 0 Å². The molecule has 0 aliphatic carbocycles.